The molecule has 0 saturated heterocycles. The zero-order valence-electron chi connectivity index (χ0n) is 11.2. The Morgan fingerprint density at radius 2 is 2.25 bits per heavy atom. The molecular weight excluding hydrogens is 258 g/mol. The van der Waals surface area contributed by atoms with Crippen LogP contribution in [-0.2, 0) is 24.3 Å². The van der Waals surface area contributed by atoms with Gasteiger partial charge in [0.25, 0.3) is 0 Å². The van der Waals surface area contributed by atoms with Gasteiger partial charge in [0.05, 0.1) is 13.1 Å². The zero-order valence-corrected chi connectivity index (χ0v) is 11.2. The van der Waals surface area contributed by atoms with Gasteiger partial charge in [-0.1, -0.05) is 5.16 Å². The molecule has 0 fully saturated rings. The number of rotatable bonds is 3. The Labute approximate surface area is 116 Å². The summed E-state index contributed by atoms with van der Waals surface area (Å²) in [6.45, 7) is 3.32. The van der Waals surface area contributed by atoms with Gasteiger partial charge in [-0.2, -0.15) is 0 Å². The largest absolute Gasteiger partial charge is 0.361 e. The highest BCUT2D eigenvalue weighted by Crippen LogP contribution is 2.24. The standard InChI is InChI=1S/C13H15N5O2/c1-9(19)16-7-11-10-8-18(6-3-12(10)20-17-11)13-14-4-2-5-15-13/h2,4-5H,3,6-8H2,1H3,(H,16,19). The van der Waals surface area contributed by atoms with Crippen molar-refractivity contribution in [1.82, 2.24) is 20.4 Å². The normalized spacial score (nSPS) is 13.9. The molecule has 7 heteroatoms. The Bertz CT molecular complexity index is 610. The second-order valence-corrected chi connectivity index (χ2v) is 4.66. The maximum Gasteiger partial charge on any atom is 0.225 e. The van der Waals surface area contributed by atoms with Crippen molar-refractivity contribution in [2.24, 2.45) is 0 Å². The first-order valence-electron chi connectivity index (χ1n) is 6.46. The van der Waals surface area contributed by atoms with Crippen molar-refractivity contribution in [3.05, 3.63) is 35.5 Å². The van der Waals surface area contributed by atoms with Gasteiger partial charge in [0, 0.05) is 37.8 Å². The van der Waals surface area contributed by atoms with E-state index < -0.39 is 0 Å². The number of hydrogen-bond donors (Lipinski definition) is 1. The van der Waals surface area contributed by atoms with Gasteiger partial charge in [0.15, 0.2) is 0 Å². The Hall–Kier alpha value is -2.44. The van der Waals surface area contributed by atoms with E-state index in [1.54, 1.807) is 18.5 Å². The summed E-state index contributed by atoms with van der Waals surface area (Å²) in [5.41, 5.74) is 1.80. The summed E-state index contributed by atoms with van der Waals surface area (Å²) in [6.07, 6.45) is 4.22. The van der Waals surface area contributed by atoms with Crippen LogP contribution in [0.3, 0.4) is 0 Å². The van der Waals surface area contributed by atoms with Crippen LogP contribution in [0.5, 0.6) is 0 Å². The highest BCUT2D eigenvalue weighted by molar-refractivity contribution is 5.72. The lowest BCUT2D eigenvalue weighted by Gasteiger charge is -2.25. The van der Waals surface area contributed by atoms with Crippen LogP contribution in [0.1, 0.15) is 23.9 Å². The van der Waals surface area contributed by atoms with Gasteiger partial charge in [-0.25, -0.2) is 9.97 Å². The molecule has 7 nitrogen and oxygen atoms in total. The molecule has 1 amide bonds. The lowest BCUT2D eigenvalue weighted by atomic mass is 10.1. The quantitative estimate of drug-likeness (QED) is 0.884. The maximum atomic E-state index is 11.0. The first-order valence-corrected chi connectivity index (χ1v) is 6.46. The topological polar surface area (TPSA) is 84.2 Å². The van der Waals surface area contributed by atoms with Gasteiger partial charge >= 0.3 is 0 Å². The third-order valence-corrected chi connectivity index (χ3v) is 3.25. The van der Waals surface area contributed by atoms with Crippen LogP contribution >= 0.6 is 0 Å². The van der Waals surface area contributed by atoms with Crippen LogP contribution in [-0.4, -0.2) is 27.6 Å². The first kappa shape index (κ1) is 12.6. The van der Waals surface area contributed by atoms with E-state index in [9.17, 15) is 4.79 Å². The molecule has 2 aromatic rings. The fraction of sp³-hybridized carbons (Fsp3) is 0.385. The summed E-state index contributed by atoms with van der Waals surface area (Å²) in [5, 5.41) is 6.78. The zero-order chi connectivity index (χ0) is 13.9. The third-order valence-electron chi connectivity index (χ3n) is 3.25. The van der Waals surface area contributed by atoms with E-state index in [0.717, 1.165) is 30.0 Å². The second kappa shape index (κ2) is 5.28. The van der Waals surface area contributed by atoms with Crippen molar-refractivity contribution in [1.29, 1.82) is 0 Å². The van der Waals surface area contributed by atoms with E-state index >= 15 is 0 Å². The van der Waals surface area contributed by atoms with Crippen LogP contribution in [0.25, 0.3) is 0 Å². The molecule has 20 heavy (non-hydrogen) atoms. The molecule has 104 valence electrons. The molecule has 0 aliphatic carbocycles. The van der Waals surface area contributed by atoms with Crippen molar-refractivity contribution >= 4 is 11.9 Å². The van der Waals surface area contributed by atoms with Crippen molar-refractivity contribution in [3.8, 4) is 0 Å². The molecule has 3 heterocycles. The van der Waals surface area contributed by atoms with Gasteiger partial charge in [-0.15, -0.1) is 0 Å². The fourth-order valence-electron chi connectivity index (χ4n) is 2.24. The second-order valence-electron chi connectivity index (χ2n) is 4.66. The summed E-state index contributed by atoms with van der Waals surface area (Å²) in [6, 6.07) is 1.79. The minimum atomic E-state index is -0.0826. The van der Waals surface area contributed by atoms with Gasteiger partial charge < -0.3 is 14.7 Å². The molecule has 1 N–H and O–H groups in total. The van der Waals surface area contributed by atoms with Crippen LogP contribution in [0.2, 0.25) is 0 Å². The Balaban J connectivity index is 1.79. The van der Waals surface area contributed by atoms with E-state index in [1.165, 1.54) is 6.92 Å². The number of aromatic nitrogens is 3. The number of anilines is 1. The maximum absolute atomic E-state index is 11.0. The average molecular weight is 273 g/mol. The molecule has 2 aromatic heterocycles. The highest BCUT2D eigenvalue weighted by atomic mass is 16.5. The van der Waals surface area contributed by atoms with Crippen LogP contribution in [0.15, 0.2) is 23.0 Å². The minimum absolute atomic E-state index is 0.0826. The number of nitrogens with one attached hydrogen (secondary N) is 1. The van der Waals surface area contributed by atoms with Crippen molar-refractivity contribution in [2.75, 3.05) is 11.4 Å². The lowest BCUT2D eigenvalue weighted by molar-refractivity contribution is -0.119. The summed E-state index contributed by atoms with van der Waals surface area (Å²) < 4.78 is 5.33. The molecule has 1 aliphatic heterocycles. The molecule has 0 radical (unpaired) electrons. The summed E-state index contributed by atoms with van der Waals surface area (Å²) in [5.74, 6) is 1.50. The number of carbonyl (C=O) groups excluding carboxylic acids is 1. The average Bonchev–Trinajstić information content (AvgIpc) is 2.88. The first-order chi connectivity index (χ1) is 9.74. The predicted octanol–water partition coefficient (Wildman–Crippen LogP) is 0.663. The van der Waals surface area contributed by atoms with Gasteiger partial charge in [0.2, 0.25) is 11.9 Å². The van der Waals surface area contributed by atoms with E-state index in [1.807, 2.05) is 0 Å². The Morgan fingerprint density at radius 3 is 3.00 bits per heavy atom. The number of carbonyl (C=O) groups is 1. The smallest absolute Gasteiger partial charge is 0.225 e. The van der Waals surface area contributed by atoms with Crippen LogP contribution < -0.4 is 10.2 Å². The molecule has 1 aliphatic rings. The third kappa shape index (κ3) is 2.47. The van der Waals surface area contributed by atoms with Crippen molar-refractivity contribution < 1.29 is 9.32 Å². The predicted molar refractivity (Wildman–Crippen MR) is 70.8 cm³/mol. The van der Waals surface area contributed by atoms with E-state index in [-0.39, 0.29) is 5.91 Å². The van der Waals surface area contributed by atoms with E-state index in [4.69, 9.17) is 4.52 Å². The molecule has 0 bridgehead atoms. The number of fused-ring (bicyclic) bond motifs is 1. The molecule has 0 unspecified atom stereocenters. The van der Waals surface area contributed by atoms with Crippen molar-refractivity contribution in [2.45, 2.75) is 26.4 Å². The molecular formula is C13H15N5O2. The number of amides is 1. The monoisotopic (exact) mass is 273 g/mol. The lowest BCUT2D eigenvalue weighted by Crippen LogP contribution is -2.32. The van der Waals surface area contributed by atoms with Gasteiger partial charge in [0.1, 0.15) is 11.5 Å². The summed E-state index contributed by atoms with van der Waals surface area (Å²) in [4.78, 5) is 21.6. The van der Waals surface area contributed by atoms with Gasteiger partial charge in [-0.05, 0) is 6.07 Å². The number of hydrogen-bond acceptors (Lipinski definition) is 6. The molecule has 0 spiro atoms. The molecule has 3 rings (SSSR count). The van der Waals surface area contributed by atoms with Crippen LogP contribution in [0, 0.1) is 0 Å². The molecule has 0 atom stereocenters. The Morgan fingerprint density at radius 1 is 1.45 bits per heavy atom. The van der Waals surface area contributed by atoms with E-state index in [2.05, 4.69) is 25.3 Å². The SMILES string of the molecule is CC(=O)NCc1noc2c1CN(c1ncccn1)CC2. The van der Waals surface area contributed by atoms with Crippen molar-refractivity contribution in [3.63, 3.8) is 0 Å². The molecule has 0 saturated carbocycles. The van der Waals surface area contributed by atoms with E-state index in [0.29, 0.717) is 19.0 Å². The summed E-state index contributed by atoms with van der Waals surface area (Å²) >= 11 is 0. The highest BCUT2D eigenvalue weighted by Gasteiger charge is 2.25. The fourth-order valence-corrected chi connectivity index (χ4v) is 2.24. The minimum Gasteiger partial charge on any atom is -0.361 e. The van der Waals surface area contributed by atoms with Gasteiger partial charge in [-0.3, -0.25) is 4.79 Å². The molecule has 0 aromatic carbocycles. The van der Waals surface area contributed by atoms with Crippen LogP contribution in [0.4, 0.5) is 5.95 Å². The summed E-state index contributed by atoms with van der Waals surface area (Å²) in [7, 11) is 0. The Kier molecular flexibility index (Phi) is 3.32. The number of nitrogens with zero attached hydrogens (tertiary/aromatic N) is 4.